The number of hydrogen-bond acceptors (Lipinski definition) is 3. The number of benzene rings is 1. The maximum Gasteiger partial charge on any atom is 0.282 e. The molecular weight excluding hydrogens is 212 g/mol. The zero-order chi connectivity index (χ0) is 11.7. The summed E-state index contributed by atoms with van der Waals surface area (Å²) in [5.74, 6) is 0.499. The van der Waals surface area contributed by atoms with Gasteiger partial charge >= 0.3 is 0 Å². The highest BCUT2D eigenvalue weighted by Crippen LogP contribution is 2.40. The van der Waals surface area contributed by atoms with Crippen LogP contribution in [0.3, 0.4) is 0 Å². The van der Waals surface area contributed by atoms with E-state index in [4.69, 9.17) is 10.5 Å². The summed E-state index contributed by atoms with van der Waals surface area (Å²) in [5.41, 5.74) is 7.02. The third kappa shape index (κ3) is 2.02. The number of rotatable bonds is 1. The van der Waals surface area contributed by atoms with Crippen molar-refractivity contribution in [3.63, 3.8) is 0 Å². The van der Waals surface area contributed by atoms with Crippen LogP contribution in [-0.4, -0.2) is 12.1 Å². The number of ether oxygens (including phenoxy) is 1. The molecule has 1 aromatic carbocycles. The Labute approximate surface area is 102 Å². The molecule has 90 valence electrons. The first-order valence-corrected chi connectivity index (χ1v) is 6.39. The van der Waals surface area contributed by atoms with Gasteiger partial charge < -0.3 is 10.5 Å². The van der Waals surface area contributed by atoms with Crippen molar-refractivity contribution in [1.29, 1.82) is 0 Å². The van der Waals surface area contributed by atoms with E-state index in [1.54, 1.807) is 0 Å². The van der Waals surface area contributed by atoms with Crippen molar-refractivity contribution in [3.8, 4) is 0 Å². The molecule has 1 aromatic rings. The lowest BCUT2D eigenvalue weighted by molar-refractivity contribution is 0.0608. The predicted molar refractivity (Wildman–Crippen MR) is 67.6 cm³/mol. The molecule has 0 bridgehead atoms. The molecule has 3 nitrogen and oxygen atoms in total. The fourth-order valence-electron chi connectivity index (χ4n) is 3.02. The van der Waals surface area contributed by atoms with Crippen LogP contribution >= 0.6 is 0 Å². The van der Waals surface area contributed by atoms with Gasteiger partial charge in [0, 0.05) is 5.92 Å². The van der Waals surface area contributed by atoms with Gasteiger partial charge in [-0.25, -0.2) is 4.99 Å². The number of amidine groups is 1. The topological polar surface area (TPSA) is 47.6 Å². The second-order valence-corrected chi connectivity index (χ2v) is 4.93. The monoisotopic (exact) mass is 230 g/mol. The summed E-state index contributed by atoms with van der Waals surface area (Å²) in [5, 5.41) is 0. The average Bonchev–Trinajstić information content (AvgIpc) is 2.39. The lowest BCUT2D eigenvalue weighted by Crippen LogP contribution is -2.39. The van der Waals surface area contributed by atoms with Crippen LogP contribution in [0.15, 0.2) is 35.3 Å². The molecule has 1 heterocycles. The van der Waals surface area contributed by atoms with Crippen LogP contribution < -0.4 is 5.73 Å². The minimum absolute atomic E-state index is 0.0963. The van der Waals surface area contributed by atoms with Crippen molar-refractivity contribution in [3.05, 3.63) is 35.9 Å². The molecule has 1 fully saturated rings. The number of nitrogens with two attached hydrogens (primary N) is 1. The first-order chi connectivity index (χ1) is 8.34. The number of aliphatic imine (C=N–C) groups is 1. The zero-order valence-corrected chi connectivity index (χ0v) is 9.88. The highest BCUT2D eigenvalue weighted by Gasteiger charge is 2.37. The normalized spacial score (nSPS) is 32.2. The van der Waals surface area contributed by atoms with Gasteiger partial charge in [0.25, 0.3) is 6.02 Å². The van der Waals surface area contributed by atoms with Crippen molar-refractivity contribution in [1.82, 2.24) is 0 Å². The zero-order valence-electron chi connectivity index (χ0n) is 9.88. The van der Waals surface area contributed by atoms with Crippen LogP contribution in [0.25, 0.3) is 0 Å². The second kappa shape index (κ2) is 4.40. The highest BCUT2D eigenvalue weighted by molar-refractivity contribution is 5.72. The van der Waals surface area contributed by atoms with Crippen LogP contribution in [0, 0.1) is 5.92 Å². The fourth-order valence-corrected chi connectivity index (χ4v) is 3.02. The summed E-state index contributed by atoms with van der Waals surface area (Å²) in [6.07, 6.45) is 4.99. The molecule has 0 saturated heterocycles. The Hall–Kier alpha value is -1.51. The number of nitrogens with zero attached hydrogens (tertiary/aromatic N) is 1. The van der Waals surface area contributed by atoms with E-state index in [1.165, 1.54) is 24.8 Å². The SMILES string of the molecule is NC1=N[C@@H]2CCCC[C@H]2[C@@H](c2ccccc2)O1. The smallest absolute Gasteiger partial charge is 0.282 e. The van der Waals surface area contributed by atoms with E-state index in [9.17, 15) is 0 Å². The molecule has 2 N–H and O–H groups in total. The Morgan fingerprint density at radius 2 is 1.88 bits per heavy atom. The molecule has 17 heavy (non-hydrogen) atoms. The third-order valence-electron chi connectivity index (χ3n) is 3.84. The van der Waals surface area contributed by atoms with Crippen molar-refractivity contribution in [2.75, 3.05) is 0 Å². The van der Waals surface area contributed by atoms with Gasteiger partial charge in [-0.3, -0.25) is 0 Å². The molecule has 1 saturated carbocycles. The Morgan fingerprint density at radius 3 is 2.71 bits per heavy atom. The van der Waals surface area contributed by atoms with E-state index in [0.29, 0.717) is 18.0 Å². The number of fused-ring (bicyclic) bond motifs is 1. The second-order valence-electron chi connectivity index (χ2n) is 4.93. The lowest BCUT2D eigenvalue weighted by atomic mass is 9.78. The van der Waals surface area contributed by atoms with E-state index in [1.807, 2.05) is 6.07 Å². The van der Waals surface area contributed by atoms with Crippen LogP contribution in [0.5, 0.6) is 0 Å². The summed E-state index contributed by atoms with van der Waals surface area (Å²) in [6, 6.07) is 11.1. The lowest BCUT2D eigenvalue weighted by Gasteiger charge is -2.38. The van der Waals surface area contributed by atoms with Crippen LogP contribution in [0.4, 0.5) is 0 Å². The van der Waals surface area contributed by atoms with Gasteiger partial charge in [-0.15, -0.1) is 0 Å². The Kier molecular flexibility index (Phi) is 2.75. The maximum atomic E-state index is 5.80. The summed E-state index contributed by atoms with van der Waals surface area (Å²) in [4.78, 5) is 4.45. The molecule has 2 aliphatic rings. The van der Waals surface area contributed by atoms with E-state index < -0.39 is 0 Å². The molecular formula is C14H18N2O. The van der Waals surface area contributed by atoms with Gasteiger partial charge in [0.15, 0.2) is 0 Å². The molecule has 0 spiro atoms. The van der Waals surface area contributed by atoms with E-state index in [2.05, 4.69) is 29.3 Å². The van der Waals surface area contributed by atoms with Gasteiger partial charge in [-0.05, 0) is 18.4 Å². The Morgan fingerprint density at radius 1 is 1.12 bits per heavy atom. The number of hydrogen-bond donors (Lipinski definition) is 1. The molecule has 1 aliphatic carbocycles. The van der Waals surface area contributed by atoms with Gasteiger partial charge in [0.05, 0.1) is 6.04 Å². The molecule has 0 radical (unpaired) electrons. The first kappa shape index (κ1) is 10.6. The van der Waals surface area contributed by atoms with Crippen molar-refractivity contribution >= 4 is 6.02 Å². The first-order valence-electron chi connectivity index (χ1n) is 6.39. The van der Waals surface area contributed by atoms with Crippen LogP contribution in [0.2, 0.25) is 0 Å². The van der Waals surface area contributed by atoms with Gasteiger partial charge in [-0.1, -0.05) is 43.2 Å². The molecule has 0 amide bonds. The van der Waals surface area contributed by atoms with Crippen LogP contribution in [-0.2, 0) is 4.74 Å². The standard InChI is InChI=1S/C14H18N2O/c15-14-16-12-9-5-4-8-11(12)13(17-14)10-6-2-1-3-7-10/h1-3,6-7,11-13H,4-5,8-9H2,(H2,15,16)/t11-,12-,13-/m1/s1. The van der Waals surface area contributed by atoms with Gasteiger partial charge in [-0.2, -0.15) is 0 Å². The fraction of sp³-hybridized carbons (Fsp3) is 0.500. The van der Waals surface area contributed by atoms with Crippen molar-refractivity contribution in [2.45, 2.75) is 37.8 Å². The summed E-state index contributed by atoms with van der Waals surface area (Å²) < 4.78 is 5.77. The van der Waals surface area contributed by atoms with Gasteiger partial charge in [0.1, 0.15) is 6.10 Å². The quantitative estimate of drug-likeness (QED) is 0.806. The third-order valence-corrected chi connectivity index (χ3v) is 3.84. The van der Waals surface area contributed by atoms with Gasteiger partial charge in [0.2, 0.25) is 0 Å². The largest absolute Gasteiger partial charge is 0.457 e. The van der Waals surface area contributed by atoms with E-state index >= 15 is 0 Å². The van der Waals surface area contributed by atoms with Crippen molar-refractivity contribution < 1.29 is 4.74 Å². The molecule has 1 aliphatic heterocycles. The highest BCUT2D eigenvalue weighted by atomic mass is 16.5. The molecule has 3 heteroatoms. The average molecular weight is 230 g/mol. The molecule has 3 atom stereocenters. The molecule has 0 aromatic heterocycles. The van der Waals surface area contributed by atoms with Crippen LogP contribution in [0.1, 0.15) is 37.4 Å². The molecule has 3 rings (SSSR count). The summed E-state index contributed by atoms with van der Waals surface area (Å²) in [6.45, 7) is 0. The van der Waals surface area contributed by atoms with E-state index in [0.717, 1.165) is 6.42 Å². The Balaban J connectivity index is 1.91. The molecule has 0 unspecified atom stereocenters. The Bertz CT molecular complexity index is 415. The predicted octanol–water partition coefficient (Wildman–Crippen LogP) is 2.63. The van der Waals surface area contributed by atoms with Crippen molar-refractivity contribution in [2.24, 2.45) is 16.6 Å². The van der Waals surface area contributed by atoms with E-state index in [-0.39, 0.29) is 6.10 Å². The minimum Gasteiger partial charge on any atom is -0.457 e. The summed E-state index contributed by atoms with van der Waals surface area (Å²) >= 11 is 0. The summed E-state index contributed by atoms with van der Waals surface area (Å²) in [7, 11) is 0. The maximum absolute atomic E-state index is 5.80. The minimum atomic E-state index is 0.0963.